The van der Waals surface area contributed by atoms with Crippen molar-refractivity contribution in [2.75, 3.05) is 10.8 Å². The Bertz CT molecular complexity index is 353. The van der Waals surface area contributed by atoms with Crippen molar-refractivity contribution in [2.24, 2.45) is 0 Å². The summed E-state index contributed by atoms with van der Waals surface area (Å²) < 4.78 is 1.10. The Morgan fingerprint density at radius 3 is 2.92 bits per heavy atom. The molecule has 1 aliphatic heterocycles. The molecule has 0 saturated carbocycles. The van der Waals surface area contributed by atoms with Crippen molar-refractivity contribution in [1.82, 2.24) is 0 Å². The Hall–Kier alpha value is -0.120. The van der Waals surface area contributed by atoms with E-state index < -0.39 is 0 Å². The lowest BCUT2D eigenvalue weighted by Crippen LogP contribution is -2.13. The number of hydrogen-bond donors (Lipinski definition) is 0. The third kappa shape index (κ3) is 2.03. The van der Waals surface area contributed by atoms with Crippen molar-refractivity contribution in [3.8, 4) is 0 Å². The summed E-state index contributed by atoms with van der Waals surface area (Å²) in [6, 6.07) is 7.85. The zero-order valence-corrected chi connectivity index (χ0v) is 9.86. The molecule has 0 saturated heterocycles. The van der Waals surface area contributed by atoms with Crippen LogP contribution in [0.25, 0.3) is 0 Å². The first-order valence-corrected chi connectivity index (χ1v) is 6.00. The molecule has 0 atom stereocenters. The van der Waals surface area contributed by atoms with Crippen molar-refractivity contribution >= 4 is 45.0 Å². The highest BCUT2D eigenvalue weighted by Crippen LogP contribution is 2.33. The minimum Gasteiger partial charge on any atom is -0.325 e. The summed E-state index contributed by atoms with van der Waals surface area (Å²) in [5.41, 5.74) is 1.13. The van der Waals surface area contributed by atoms with Gasteiger partial charge in [0, 0.05) is 16.1 Å². The van der Waals surface area contributed by atoms with E-state index in [1.54, 1.807) is 11.8 Å². The molecule has 1 aromatic carbocycles. The number of thioether (sulfide) groups is 1. The molecule has 1 nitrogen and oxygen atoms in total. The third-order valence-corrected chi connectivity index (χ3v) is 3.75. The van der Waals surface area contributed by atoms with E-state index in [1.165, 1.54) is 0 Å². The van der Waals surface area contributed by atoms with Crippen LogP contribution < -0.4 is 4.90 Å². The highest BCUT2D eigenvalue weighted by Gasteiger charge is 2.14. The predicted octanol–water partition coefficient (Wildman–Crippen LogP) is 4.04. The largest absolute Gasteiger partial charge is 0.325 e. The maximum Gasteiger partial charge on any atom is 0.0922 e. The molecule has 13 heavy (non-hydrogen) atoms. The molecule has 68 valence electrons. The topological polar surface area (TPSA) is 3.24 Å². The third-order valence-electron chi connectivity index (χ3n) is 1.76. The maximum absolute atomic E-state index is 5.90. The first-order chi connectivity index (χ1) is 6.27. The maximum atomic E-state index is 5.90. The fourth-order valence-corrected chi connectivity index (χ4v) is 3.00. The highest BCUT2D eigenvalue weighted by molar-refractivity contribution is 9.12. The second kappa shape index (κ2) is 3.95. The van der Waals surface area contributed by atoms with Crippen molar-refractivity contribution in [2.45, 2.75) is 0 Å². The number of anilines is 1. The van der Waals surface area contributed by atoms with Crippen LogP contribution in [0.5, 0.6) is 0 Å². The molecule has 1 aliphatic rings. The van der Waals surface area contributed by atoms with Crippen LogP contribution in [-0.2, 0) is 0 Å². The molecule has 0 bridgehead atoms. The van der Waals surface area contributed by atoms with Gasteiger partial charge in [-0.15, -0.1) is 11.8 Å². The molecule has 0 spiro atoms. The standard InChI is InChI=1S/C9H7BrClNS/c10-9-5-13-6-12(9)8-3-1-2-7(11)4-8/h1-5H,6H2. The minimum absolute atomic E-state index is 0.773. The quantitative estimate of drug-likeness (QED) is 0.712. The van der Waals surface area contributed by atoms with Gasteiger partial charge in [-0.05, 0) is 34.1 Å². The van der Waals surface area contributed by atoms with Crippen LogP contribution in [0.1, 0.15) is 0 Å². The molecule has 0 radical (unpaired) electrons. The summed E-state index contributed by atoms with van der Waals surface area (Å²) in [6.45, 7) is 0. The zero-order valence-electron chi connectivity index (χ0n) is 6.71. The van der Waals surface area contributed by atoms with Gasteiger partial charge < -0.3 is 4.90 Å². The van der Waals surface area contributed by atoms with E-state index in [2.05, 4.69) is 26.2 Å². The Balaban J connectivity index is 2.30. The lowest BCUT2D eigenvalue weighted by atomic mass is 10.3. The van der Waals surface area contributed by atoms with Crippen LogP contribution in [0, 0.1) is 0 Å². The smallest absolute Gasteiger partial charge is 0.0922 e. The van der Waals surface area contributed by atoms with Gasteiger partial charge >= 0.3 is 0 Å². The lowest BCUT2D eigenvalue weighted by molar-refractivity contribution is 1.17. The van der Waals surface area contributed by atoms with Gasteiger partial charge in [0.25, 0.3) is 0 Å². The van der Waals surface area contributed by atoms with Gasteiger partial charge in [-0.25, -0.2) is 0 Å². The van der Waals surface area contributed by atoms with E-state index in [0.29, 0.717) is 0 Å². The summed E-state index contributed by atoms with van der Waals surface area (Å²) in [5.74, 6) is 0.945. The zero-order chi connectivity index (χ0) is 9.26. The van der Waals surface area contributed by atoms with Gasteiger partial charge in [-0.1, -0.05) is 17.7 Å². The molecule has 0 amide bonds. The van der Waals surface area contributed by atoms with Crippen LogP contribution >= 0.6 is 39.3 Å². The monoisotopic (exact) mass is 275 g/mol. The summed E-state index contributed by atoms with van der Waals surface area (Å²) in [7, 11) is 0. The molecule has 0 unspecified atom stereocenters. The van der Waals surface area contributed by atoms with Gasteiger partial charge in [-0.2, -0.15) is 0 Å². The number of hydrogen-bond acceptors (Lipinski definition) is 2. The van der Waals surface area contributed by atoms with Crippen LogP contribution in [0.4, 0.5) is 5.69 Å². The van der Waals surface area contributed by atoms with Crippen LogP contribution in [-0.4, -0.2) is 5.88 Å². The average Bonchev–Trinajstić information content (AvgIpc) is 2.51. The first kappa shape index (κ1) is 9.44. The van der Waals surface area contributed by atoms with Crippen LogP contribution in [0.2, 0.25) is 5.02 Å². The minimum atomic E-state index is 0.773. The van der Waals surface area contributed by atoms with E-state index in [1.807, 2.05) is 24.3 Å². The molecular formula is C9H7BrClNS. The summed E-state index contributed by atoms with van der Waals surface area (Å²) in [4.78, 5) is 2.16. The molecular weight excluding hydrogens is 270 g/mol. The summed E-state index contributed by atoms with van der Waals surface area (Å²) >= 11 is 11.2. The fraction of sp³-hybridized carbons (Fsp3) is 0.111. The second-order valence-corrected chi connectivity index (χ2v) is 4.72. The molecule has 0 aliphatic carbocycles. The Kier molecular flexibility index (Phi) is 2.86. The lowest BCUT2D eigenvalue weighted by Gasteiger charge is -2.17. The highest BCUT2D eigenvalue weighted by atomic mass is 79.9. The van der Waals surface area contributed by atoms with Gasteiger partial charge in [0.2, 0.25) is 0 Å². The van der Waals surface area contributed by atoms with Crippen LogP contribution in [0.15, 0.2) is 34.3 Å². The van der Waals surface area contributed by atoms with Gasteiger partial charge in [0.05, 0.1) is 10.5 Å². The average molecular weight is 277 g/mol. The van der Waals surface area contributed by atoms with Crippen molar-refractivity contribution in [1.29, 1.82) is 0 Å². The molecule has 1 aromatic rings. The van der Waals surface area contributed by atoms with E-state index in [4.69, 9.17) is 11.6 Å². The van der Waals surface area contributed by atoms with Crippen LogP contribution in [0.3, 0.4) is 0 Å². The normalized spacial score (nSPS) is 16.2. The molecule has 0 fully saturated rings. The SMILES string of the molecule is Clc1cccc(N2CSC=C2Br)c1. The molecule has 0 aromatic heterocycles. The Morgan fingerprint density at radius 1 is 1.46 bits per heavy atom. The van der Waals surface area contributed by atoms with Crippen molar-refractivity contribution in [3.63, 3.8) is 0 Å². The van der Waals surface area contributed by atoms with E-state index in [0.717, 1.165) is 21.2 Å². The summed E-state index contributed by atoms with van der Waals surface area (Å²) in [6.07, 6.45) is 0. The Labute approximate surface area is 94.9 Å². The number of rotatable bonds is 1. The predicted molar refractivity (Wildman–Crippen MR) is 63.4 cm³/mol. The van der Waals surface area contributed by atoms with Gasteiger partial charge in [0.1, 0.15) is 0 Å². The Morgan fingerprint density at radius 2 is 2.31 bits per heavy atom. The van der Waals surface area contributed by atoms with Crippen molar-refractivity contribution < 1.29 is 0 Å². The summed E-state index contributed by atoms with van der Waals surface area (Å²) in [5, 5.41) is 2.86. The number of nitrogens with zero attached hydrogens (tertiary/aromatic N) is 1. The molecule has 2 rings (SSSR count). The van der Waals surface area contributed by atoms with E-state index in [9.17, 15) is 0 Å². The van der Waals surface area contributed by atoms with Gasteiger partial charge in [0.15, 0.2) is 0 Å². The van der Waals surface area contributed by atoms with E-state index >= 15 is 0 Å². The first-order valence-electron chi connectivity index (χ1n) is 3.78. The number of halogens is 2. The molecule has 0 N–H and O–H groups in total. The molecule has 4 heteroatoms. The van der Waals surface area contributed by atoms with Gasteiger partial charge in [-0.3, -0.25) is 0 Å². The molecule has 1 heterocycles. The van der Waals surface area contributed by atoms with E-state index in [-0.39, 0.29) is 0 Å². The fourth-order valence-electron chi connectivity index (χ4n) is 1.15. The van der Waals surface area contributed by atoms with Crippen molar-refractivity contribution in [3.05, 3.63) is 39.3 Å². The second-order valence-electron chi connectivity index (χ2n) is 2.64. The number of benzene rings is 1.